The Hall–Kier alpha value is -1.64. The van der Waals surface area contributed by atoms with Gasteiger partial charge < -0.3 is 0 Å². The monoisotopic (exact) mass is 316 g/mol. The Morgan fingerprint density at radius 1 is 0.957 bits per heavy atom. The summed E-state index contributed by atoms with van der Waals surface area (Å²) in [5.41, 5.74) is 4.82. The minimum absolute atomic E-state index is 0.0105. The van der Waals surface area contributed by atoms with Gasteiger partial charge in [0.25, 0.3) is 0 Å². The normalized spacial score (nSPS) is 11.0. The third kappa shape index (κ3) is 10.7. The fraction of sp³-hybridized carbons (Fsp3) is 0.600. The number of carbonyl (C=O) groups is 1. The molecule has 3 nitrogen and oxygen atoms in total. The van der Waals surface area contributed by atoms with E-state index < -0.39 is 0 Å². The molecule has 0 atom stereocenters. The summed E-state index contributed by atoms with van der Waals surface area (Å²) in [6.45, 7) is 4.30. The molecule has 0 saturated heterocycles. The zero-order valence-electron chi connectivity index (χ0n) is 14.8. The van der Waals surface area contributed by atoms with E-state index in [0.717, 1.165) is 18.4 Å². The summed E-state index contributed by atoms with van der Waals surface area (Å²) < 4.78 is 0. The Morgan fingerprint density at radius 3 is 2.13 bits per heavy atom. The van der Waals surface area contributed by atoms with Crippen LogP contribution < -0.4 is 5.43 Å². The lowest BCUT2D eigenvalue weighted by atomic mass is 10.1. The smallest absolute Gasteiger partial charge is 0.240 e. The van der Waals surface area contributed by atoms with E-state index in [9.17, 15) is 4.79 Å². The molecule has 23 heavy (non-hydrogen) atoms. The number of aryl methyl sites for hydroxylation is 1. The van der Waals surface area contributed by atoms with Crippen molar-refractivity contribution in [3.8, 4) is 0 Å². The third-order valence-electron chi connectivity index (χ3n) is 3.99. The minimum Gasteiger partial charge on any atom is -0.273 e. The summed E-state index contributed by atoms with van der Waals surface area (Å²) in [7, 11) is 0. The van der Waals surface area contributed by atoms with E-state index in [2.05, 4.69) is 17.5 Å². The second kappa shape index (κ2) is 12.9. The fourth-order valence-electron chi connectivity index (χ4n) is 2.48. The zero-order chi connectivity index (χ0) is 16.8. The largest absolute Gasteiger partial charge is 0.273 e. The van der Waals surface area contributed by atoms with Gasteiger partial charge >= 0.3 is 0 Å². The molecule has 1 aromatic rings. The van der Waals surface area contributed by atoms with Crippen LogP contribution in [-0.4, -0.2) is 12.1 Å². The number of unbranched alkanes of at least 4 members (excludes halogenated alkanes) is 8. The molecule has 0 aliphatic rings. The van der Waals surface area contributed by atoms with Gasteiger partial charge in [-0.05, 0) is 18.9 Å². The summed E-state index contributed by atoms with van der Waals surface area (Å²) in [4.78, 5) is 11.7. The lowest BCUT2D eigenvalue weighted by molar-refractivity contribution is -0.121. The second-order valence-electron chi connectivity index (χ2n) is 6.28. The number of hydrazone groups is 1. The lowest BCUT2D eigenvalue weighted by Gasteiger charge is -2.02. The van der Waals surface area contributed by atoms with Crippen molar-refractivity contribution in [2.45, 2.75) is 78.1 Å². The van der Waals surface area contributed by atoms with E-state index in [1.54, 1.807) is 6.21 Å². The summed E-state index contributed by atoms with van der Waals surface area (Å²) in [6, 6.07) is 8.05. The van der Waals surface area contributed by atoms with Crippen molar-refractivity contribution in [3.05, 3.63) is 35.4 Å². The van der Waals surface area contributed by atoms with Crippen molar-refractivity contribution in [1.29, 1.82) is 0 Å². The highest BCUT2D eigenvalue weighted by Gasteiger charge is 1.99. The molecule has 128 valence electrons. The van der Waals surface area contributed by atoms with Crippen LogP contribution in [0.1, 0.15) is 82.3 Å². The van der Waals surface area contributed by atoms with Crippen molar-refractivity contribution < 1.29 is 4.79 Å². The predicted octanol–water partition coefficient (Wildman–Crippen LogP) is 5.37. The summed E-state index contributed by atoms with van der Waals surface area (Å²) >= 11 is 0. The van der Waals surface area contributed by atoms with E-state index in [-0.39, 0.29) is 5.91 Å². The van der Waals surface area contributed by atoms with Crippen LogP contribution in [0.25, 0.3) is 0 Å². The van der Waals surface area contributed by atoms with Crippen LogP contribution in [-0.2, 0) is 4.79 Å². The van der Waals surface area contributed by atoms with Crippen molar-refractivity contribution in [1.82, 2.24) is 5.43 Å². The average molecular weight is 316 g/mol. The molecule has 0 heterocycles. The molecule has 0 fully saturated rings. The van der Waals surface area contributed by atoms with E-state index in [0.29, 0.717) is 6.42 Å². The van der Waals surface area contributed by atoms with Crippen LogP contribution in [0.3, 0.4) is 0 Å². The molecule has 0 unspecified atom stereocenters. The number of carbonyl (C=O) groups excluding carboxylic acids is 1. The molecule has 0 bridgehead atoms. The first kappa shape index (κ1) is 19.4. The molecule has 0 spiro atoms. The summed E-state index contributed by atoms with van der Waals surface area (Å²) in [5, 5.41) is 4.00. The van der Waals surface area contributed by atoms with E-state index in [4.69, 9.17) is 0 Å². The predicted molar refractivity (Wildman–Crippen MR) is 98.8 cm³/mol. The van der Waals surface area contributed by atoms with Gasteiger partial charge in [0.1, 0.15) is 0 Å². The fourth-order valence-corrected chi connectivity index (χ4v) is 2.48. The molecule has 0 aliphatic carbocycles. The van der Waals surface area contributed by atoms with Gasteiger partial charge in [-0.15, -0.1) is 0 Å². The maximum Gasteiger partial charge on any atom is 0.240 e. The first-order chi connectivity index (χ1) is 11.2. The van der Waals surface area contributed by atoms with Gasteiger partial charge in [-0.25, -0.2) is 5.43 Å². The van der Waals surface area contributed by atoms with Gasteiger partial charge in [0.15, 0.2) is 0 Å². The first-order valence-corrected chi connectivity index (χ1v) is 9.11. The van der Waals surface area contributed by atoms with E-state index >= 15 is 0 Å². The highest BCUT2D eigenvalue weighted by atomic mass is 16.2. The zero-order valence-corrected chi connectivity index (χ0v) is 14.8. The molecule has 0 aromatic heterocycles. The molecule has 0 aliphatic heterocycles. The Bertz CT molecular complexity index is 451. The third-order valence-corrected chi connectivity index (χ3v) is 3.99. The van der Waals surface area contributed by atoms with Crippen molar-refractivity contribution in [3.63, 3.8) is 0 Å². The Labute approximate surface area is 141 Å². The van der Waals surface area contributed by atoms with Crippen LogP contribution in [0.4, 0.5) is 0 Å². The van der Waals surface area contributed by atoms with Gasteiger partial charge in [-0.1, -0.05) is 88.1 Å². The highest BCUT2D eigenvalue weighted by molar-refractivity contribution is 5.82. The van der Waals surface area contributed by atoms with Crippen LogP contribution >= 0.6 is 0 Å². The Balaban J connectivity index is 1.99. The van der Waals surface area contributed by atoms with Crippen LogP contribution in [0.5, 0.6) is 0 Å². The molecular weight excluding hydrogens is 284 g/mol. The van der Waals surface area contributed by atoms with Crippen LogP contribution in [0, 0.1) is 6.92 Å². The number of nitrogens with one attached hydrogen (secondary N) is 1. The van der Waals surface area contributed by atoms with Gasteiger partial charge in [0.2, 0.25) is 5.91 Å². The molecule has 1 aromatic carbocycles. The molecule has 1 rings (SSSR count). The number of hydrogen-bond acceptors (Lipinski definition) is 2. The minimum atomic E-state index is 0.0105. The topological polar surface area (TPSA) is 41.5 Å². The van der Waals surface area contributed by atoms with Gasteiger partial charge in [-0.3, -0.25) is 4.79 Å². The van der Waals surface area contributed by atoms with E-state index in [1.165, 1.54) is 50.5 Å². The maximum absolute atomic E-state index is 11.7. The quantitative estimate of drug-likeness (QED) is 0.314. The van der Waals surface area contributed by atoms with E-state index in [1.807, 2.05) is 31.2 Å². The number of hydrogen-bond donors (Lipinski definition) is 1. The number of amides is 1. The standard InChI is InChI=1S/C20H32N2O/c1-3-4-5-6-7-8-9-10-11-12-20(23)22-21-17-19-15-13-18(2)14-16-19/h13-17H,3-12H2,1-2H3,(H,22,23)/b21-17+. The van der Waals surface area contributed by atoms with Crippen molar-refractivity contribution >= 4 is 12.1 Å². The maximum atomic E-state index is 11.7. The lowest BCUT2D eigenvalue weighted by Crippen LogP contribution is -2.16. The highest BCUT2D eigenvalue weighted by Crippen LogP contribution is 2.10. The van der Waals surface area contributed by atoms with Gasteiger partial charge in [-0.2, -0.15) is 5.10 Å². The van der Waals surface area contributed by atoms with Crippen LogP contribution in [0.2, 0.25) is 0 Å². The number of nitrogens with zero attached hydrogens (tertiary/aromatic N) is 1. The molecule has 1 amide bonds. The summed E-state index contributed by atoms with van der Waals surface area (Å²) in [5.74, 6) is 0.0105. The molecule has 0 radical (unpaired) electrons. The Kier molecular flexibility index (Phi) is 10.9. The van der Waals surface area contributed by atoms with Gasteiger partial charge in [0.05, 0.1) is 6.21 Å². The van der Waals surface area contributed by atoms with Crippen molar-refractivity contribution in [2.75, 3.05) is 0 Å². The first-order valence-electron chi connectivity index (χ1n) is 9.11. The second-order valence-corrected chi connectivity index (χ2v) is 6.28. The Morgan fingerprint density at radius 2 is 1.52 bits per heavy atom. The SMILES string of the molecule is CCCCCCCCCCCC(=O)N/N=C/c1ccc(C)cc1. The van der Waals surface area contributed by atoms with Crippen LogP contribution in [0.15, 0.2) is 29.4 Å². The molecule has 3 heteroatoms. The van der Waals surface area contributed by atoms with Crippen molar-refractivity contribution in [2.24, 2.45) is 5.10 Å². The summed E-state index contributed by atoms with van der Waals surface area (Å²) in [6.07, 6.45) is 13.7. The average Bonchev–Trinajstić information content (AvgIpc) is 2.55. The number of rotatable bonds is 12. The molecule has 1 N–H and O–H groups in total. The number of benzene rings is 1. The molecular formula is C20H32N2O. The molecule has 0 saturated carbocycles. The van der Waals surface area contributed by atoms with Gasteiger partial charge in [0, 0.05) is 6.42 Å².